The van der Waals surface area contributed by atoms with E-state index in [1.807, 2.05) is 6.07 Å². The SMILES string of the molecule is CCCCCNC(=O)c1ccnc(N2CCN(C(=O)c3ccco3)CC2)c1. The van der Waals surface area contributed by atoms with Gasteiger partial charge in [0.05, 0.1) is 6.26 Å². The number of carbonyl (C=O) groups is 2. The molecule has 2 aromatic heterocycles. The Hall–Kier alpha value is -2.83. The van der Waals surface area contributed by atoms with Crippen LogP contribution < -0.4 is 10.2 Å². The van der Waals surface area contributed by atoms with Crippen molar-refractivity contribution < 1.29 is 14.0 Å². The highest BCUT2D eigenvalue weighted by molar-refractivity contribution is 5.94. The summed E-state index contributed by atoms with van der Waals surface area (Å²) in [5.41, 5.74) is 0.616. The van der Waals surface area contributed by atoms with Crippen molar-refractivity contribution in [3.63, 3.8) is 0 Å². The molecule has 7 nitrogen and oxygen atoms in total. The summed E-state index contributed by atoms with van der Waals surface area (Å²) in [4.78, 5) is 32.9. The lowest BCUT2D eigenvalue weighted by Gasteiger charge is -2.35. The molecular formula is C20H26N4O3. The van der Waals surface area contributed by atoms with Gasteiger partial charge < -0.3 is 19.5 Å². The Morgan fingerprint density at radius 3 is 2.70 bits per heavy atom. The van der Waals surface area contributed by atoms with Gasteiger partial charge in [-0.05, 0) is 30.7 Å². The van der Waals surface area contributed by atoms with Crippen LogP contribution in [-0.4, -0.2) is 54.4 Å². The van der Waals surface area contributed by atoms with Crippen LogP contribution in [0.1, 0.15) is 47.1 Å². The smallest absolute Gasteiger partial charge is 0.289 e. The molecule has 1 aliphatic rings. The fourth-order valence-electron chi connectivity index (χ4n) is 3.11. The molecule has 0 aromatic carbocycles. The maximum atomic E-state index is 12.3. The van der Waals surface area contributed by atoms with E-state index in [-0.39, 0.29) is 11.8 Å². The van der Waals surface area contributed by atoms with Gasteiger partial charge in [0.25, 0.3) is 11.8 Å². The van der Waals surface area contributed by atoms with Gasteiger partial charge in [0.2, 0.25) is 0 Å². The molecule has 7 heteroatoms. The Morgan fingerprint density at radius 1 is 1.19 bits per heavy atom. The van der Waals surface area contributed by atoms with Crippen LogP contribution in [0.25, 0.3) is 0 Å². The van der Waals surface area contributed by atoms with E-state index < -0.39 is 0 Å². The van der Waals surface area contributed by atoms with Gasteiger partial charge in [-0.25, -0.2) is 4.98 Å². The summed E-state index contributed by atoms with van der Waals surface area (Å²) < 4.78 is 5.19. The lowest BCUT2D eigenvalue weighted by atomic mass is 10.2. The first-order valence-electron chi connectivity index (χ1n) is 9.51. The highest BCUT2D eigenvalue weighted by Gasteiger charge is 2.24. The quantitative estimate of drug-likeness (QED) is 0.758. The van der Waals surface area contributed by atoms with E-state index in [1.54, 1.807) is 29.3 Å². The number of furan rings is 1. The summed E-state index contributed by atoms with van der Waals surface area (Å²) in [5.74, 6) is 0.971. The summed E-state index contributed by atoms with van der Waals surface area (Å²) in [5, 5.41) is 2.95. The maximum Gasteiger partial charge on any atom is 0.289 e. The Morgan fingerprint density at radius 2 is 2.00 bits per heavy atom. The monoisotopic (exact) mass is 370 g/mol. The van der Waals surface area contributed by atoms with Crippen LogP contribution in [-0.2, 0) is 0 Å². The molecule has 1 N–H and O–H groups in total. The topological polar surface area (TPSA) is 78.7 Å². The Labute approximate surface area is 159 Å². The molecule has 0 saturated carbocycles. The number of aromatic nitrogens is 1. The molecule has 3 heterocycles. The molecule has 0 bridgehead atoms. The summed E-state index contributed by atoms with van der Waals surface area (Å²) in [6, 6.07) is 6.94. The van der Waals surface area contributed by atoms with E-state index in [0.717, 1.165) is 25.1 Å². The fourth-order valence-corrected chi connectivity index (χ4v) is 3.11. The second kappa shape index (κ2) is 9.21. The molecule has 144 valence electrons. The van der Waals surface area contributed by atoms with Crippen LogP contribution in [0.3, 0.4) is 0 Å². The zero-order valence-electron chi connectivity index (χ0n) is 15.7. The predicted molar refractivity (Wildman–Crippen MR) is 103 cm³/mol. The number of unbranched alkanes of at least 4 members (excludes halogenated alkanes) is 2. The molecule has 1 saturated heterocycles. The average molecular weight is 370 g/mol. The predicted octanol–water partition coefficient (Wildman–Crippen LogP) is 2.56. The first-order chi connectivity index (χ1) is 13.2. The Bertz CT molecular complexity index is 752. The summed E-state index contributed by atoms with van der Waals surface area (Å²) >= 11 is 0. The minimum absolute atomic E-state index is 0.0682. The van der Waals surface area contributed by atoms with E-state index in [2.05, 4.69) is 22.1 Å². The second-order valence-electron chi connectivity index (χ2n) is 6.62. The van der Waals surface area contributed by atoms with Crippen LogP contribution in [0.15, 0.2) is 41.1 Å². The van der Waals surface area contributed by atoms with Gasteiger partial charge in [0, 0.05) is 44.5 Å². The largest absolute Gasteiger partial charge is 0.459 e. The van der Waals surface area contributed by atoms with E-state index >= 15 is 0 Å². The van der Waals surface area contributed by atoms with Gasteiger partial charge in [-0.3, -0.25) is 9.59 Å². The number of pyridine rings is 1. The van der Waals surface area contributed by atoms with Crippen LogP contribution in [0.2, 0.25) is 0 Å². The number of nitrogens with one attached hydrogen (secondary N) is 1. The van der Waals surface area contributed by atoms with Crippen molar-refractivity contribution in [2.75, 3.05) is 37.6 Å². The van der Waals surface area contributed by atoms with Crippen molar-refractivity contribution in [2.45, 2.75) is 26.2 Å². The molecule has 0 spiro atoms. The molecular weight excluding hydrogens is 344 g/mol. The molecule has 1 aliphatic heterocycles. The van der Waals surface area contributed by atoms with Crippen molar-refractivity contribution in [3.8, 4) is 0 Å². The number of carbonyl (C=O) groups excluding carboxylic acids is 2. The van der Waals surface area contributed by atoms with Crippen molar-refractivity contribution in [2.24, 2.45) is 0 Å². The van der Waals surface area contributed by atoms with Crippen LogP contribution in [0.5, 0.6) is 0 Å². The molecule has 2 aromatic rings. The Balaban J connectivity index is 1.55. The van der Waals surface area contributed by atoms with E-state index in [4.69, 9.17) is 4.42 Å². The number of nitrogens with zero attached hydrogens (tertiary/aromatic N) is 3. The van der Waals surface area contributed by atoms with Crippen molar-refractivity contribution in [1.29, 1.82) is 0 Å². The molecule has 3 rings (SSSR count). The number of piperazine rings is 1. The standard InChI is InChI=1S/C20H26N4O3/c1-2-3-4-8-22-19(25)16-7-9-21-18(15-16)23-10-12-24(13-11-23)20(26)17-6-5-14-27-17/h5-7,9,14-15H,2-4,8,10-13H2,1H3,(H,22,25). The van der Waals surface area contributed by atoms with Crippen molar-refractivity contribution >= 4 is 17.6 Å². The van der Waals surface area contributed by atoms with Gasteiger partial charge >= 0.3 is 0 Å². The third-order valence-electron chi connectivity index (χ3n) is 4.70. The number of amides is 2. The summed E-state index contributed by atoms with van der Waals surface area (Å²) in [6.07, 6.45) is 6.40. The van der Waals surface area contributed by atoms with E-state index in [9.17, 15) is 9.59 Å². The zero-order valence-corrected chi connectivity index (χ0v) is 15.7. The molecule has 2 amide bonds. The molecule has 0 unspecified atom stereocenters. The first kappa shape index (κ1) is 18.9. The summed E-state index contributed by atoms with van der Waals surface area (Å²) in [7, 11) is 0. The number of anilines is 1. The average Bonchev–Trinajstić information content (AvgIpc) is 3.25. The van der Waals surface area contributed by atoms with Gasteiger partial charge in [0.15, 0.2) is 5.76 Å². The van der Waals surface area contributed by atoms with Gasteiger partial charge in [-0.1, -0.05) is 19.8 Å². The lowest BCUT2D eigenvalue weighted by Crippen LogP contribution is -2.49. The van der Waals surface area contributed by atoms with Crippen LogP contribution in [0, 0.1) is 0 Å². The second-order valence-corrected chi connectivity index (χ2v) is 6.62. The molecule has 0 aliphatic carbocycles. The minimum atomic E-state index is -0.0900. The van der Waals surface area contributed by atoms with Crippen molar-refractivity contribution in [3.05, 3.63) is 48.0 Å². The molecule has 0 radical (unpaired) electrons. The lowest BCUT2D eigenvalue weighted by molar-refractivity contribution is 0.0714. The zero-order chi connectivity index (χ0) is 19.1. The number of hydrogen-bond donors (Lipinski definition) is 1. The first-order valence-corrected chi connectivity index (χ1v) is 9.51. The number of hydrogen-bond acceptors (Lipinski definition) is 5. The van der Waals surface area contributed by atoms with Crippen molar-refractivity contribution in [1.82, 2.24) is 15.2 Å². The van der Waals surface area contributed by atoms with Gasteiger partial charge in [-0.15, -0.1) is 0 Å². The van der Waals surface area contributed by atoms with Gasteiger partial charge in [0.1, 0.15) is 5.82 Å². The number of rotatable bonds is 7. The normalized spacial score (nSPS) is 14.3. The highest BCUT2D eigenvalue weighted by Crippen LogP contribution is 2.17. The third kappa shape index (κ3) is 4.87. The molecule has 27 heavy (non-hydrogen) atoms. The van der Waals surface area contributed by atoms with E-state index in [1.165, 1.54) is 6.26 Å². The van der Waals surface area contributed by atoms with Gasteiger partial charge in [-0.2, -0.15) is 0 Å². The Kier molecular flexibility index (Phi) is 6.46. The minimum Gasteiger partial charge on any atom is -0.459 e. The molecule has 1 fully saturated rings. The third-order valence-corrected chi connectivity index (χ3v) is 4.70. The van der Waals surface area contributed by atoms with E-state index in [0.29, 0.717) is 44.0 Å². The summed E-state index contributed by atoms with van der Waals surface area (Å²) in [6.45, 7) is 5.35. The molecule has 0 atom stereocenters. The fraction of sp³-hybridized carbons (Fsp3) is 0.450. The highest BCUT2D eigenvalue weighted by atomic mass is 16.3. The van der Waals surface area contributed by atoms with Crippen LogP contribution in [0.4, 0.5) is 5.82 Å². The maximum absolute atomic E-state index is 12.3. The van der Waals surface area contributed by atoms with Crippen LogP contribution >= 0.6 is 0 Å².